The Hall–Kier alpha value is -1.83. The number of fused-ring (bicyclic) bond motifs is 3. The molecule has 2 aromatic rings. The number of nitrogens with one attached hydrogen (secondary N) is 2. The molecule has 1 unspecified atom stereocenters. The Morgan fingerprint density at radius 2 is 2.00 bits per heavy atom. The Morgan fingerprint density at radius 3 is 2.65 bits per heavy atom. The number of likely N-dealkylation sites (N-methyl/N-ethyl adjacent to an activating group) is 1. The zero-order valence-corrected chi connectivity index (χ0v) is 10.5. The molecule has 2 heterocycles. The first-order chi connectivity index (χ1) is 9.52. The molecule has 3 rings (SSSR count). The van der Waals surface area contributed by atoms with E-state index in [0.717, 1.165) is 12.1 Å². The van der Waals surface area contributed by atoms with Gasteiger partial charge < -0.3 is 20.1 Å². The molecule has 1 aliphatic heterocycles. The quantitative estimate of drug-likeness (QED) is 0.732. The number of rotatable bonds is 1. The van der Waals surface area contributed by atoms with Crippen molar-refractivity contribution in [2.24, 2.45) is 0 Å². The van der Waals surface area contributed by atoms with E-state index in [1.165, 1.54) is 0 Å². The number of hydrogen-bond acceptors (Lipinski definition) is 4. The highest BCUT2D eigenvalue weighted by Gasteiger charge is 2.29. The summed E-state index contributed by atoms with van der Waals surface area (Å²) in [5, 5.41) is 13.1. The van der Waals surface area contributed by atoms with E-state index in [0.29, 0.717) is 5.56 Å². The fourth-order valence-electron chi connectivity index (χ4n) is 2.51. The lowest BCUT2D eigenvalue weighted by Crippen LogP contribution is -2.32. The van der Waals surface area contributed by atoms with Crippen LogP contribution in [0.1, 0.15) is 23.6 Å². The summed E-state index contributed by atoms with van der Waals surface area (Å²) in [6, 6.07) is 1.50. The van der Waals surface area contributed by atoms with Gasteiger partial charge in [-0.1, -0.05) is 0 Å². The molecule has 1 aromatic carbocycles. The van der Waals surface area contributed by atoms with Gasteiger partial charge in [0.1, 0.15) is 0 Å². The predicted octanol–water partition coefficient (Wildman–Crippen LogP) is 1.09. The molecule has 0 aliphatic carbocycles. The molecule has 0 fully saturated rings. The molecule has 0 saturated heterocycles. The number of halogens is 2. The third-order valence-electron chi connectivity index (χ3n) is 3.50. The molecule has 0 saturated carbocycles. The van der Waals surface area contributed by atoms with E-state index in [9.17, 15) is 18.7 Å². The maximum atomic E-state index is 13.5. The van der Waals surface area contributed by atoms with Crippen LogP contribution in [0.15, 0.2) is 16.9 Å². The number of aromatic amines is 1. The average molecular weight is 282 g/mol. The first kappa shape index (κ1) is 13.2. The fourth-order valence-corrected chi connectivity index (χ4v) is 2.51. The highest BCUT2D eigenvalue weighted by Crippen LogP contribution is 2.34. The summed E-state index contributed by atoms with van der Waals surface area (Å²) in [5.41, 5.74) is 0.0795. The molecule has 3 N–H and O–H groups in total. The minimum absolute atomic E-state index is 0.0389. The van der Waals surface area contributed by atoms with E-state index in [2.05, 4.69) is 10.3 Å². The molecule has 7 heteroatoms. The van der Waals surface area contributed by atoms with Crippen LogP contribution < -0.4 is 10.9 Å². The number of pyridine rings is 1. The molecular weight excluding hydrogens is 270 g/mol. The van der Waals surface area contributed by atoms with E-state index in [1.807, 2.05) is 0 Å². The van der Waals surface area contributed by atoms with Crippen molar-refractivity contribution in [2.75, 3.05) is 13.7 Å². The Morgan fingerprint density at radius 1 is 1.35 bits per heavy atom. The summed E-state index contributed by atoms with van der Waals surface area (Å²) >= 11 is 0. The van der Waals surface area contributed by atoms with Crippen molar-refractivity contribution in [1.82, 2.24) is 10.3 Å². The summed E-state index contributed by atoms with van der Waals surface area (Å²) in [6.07, 6.45) is -1.29. The largest absolute Gasteiger partial charge is 0.363 e. The van der Waals surface area contributed by atoms with Crippen LogP contribution >= 0.6 is 0 Å². The van der Waals surface area contributed by atoms with Gasteiger partial charge in [0.2, 0.25) is 0 Å². The third-order valence-corrected chi connectivity index (χ3v) is 3.50. The number of aliphatic hydroxyl groups is 1. The van der Waals surface area contributed by atoms with Crippen molar-refractivity contribution < 1.29 is 18.6 Å². The van der Waals surface area contributed by atoms with E-state index in [1.54, 1.807) is 7.05 Å². The Labute approximate surface area is 112 Å². The second kappa shape index (κ2) is 4.62. The van der Waals surface area contributed by atoms with Gasteiger partial charge in [-0.3, -0.25) is 4.79 Å². The van der Waals surface area contributed by atoms with Crippen LogP contribution in [-0.2, 0) is 4.74 Å². The zero-order chi connectivity index (χ0) is 14.4. The zero-order valence-electron chi connectivity index (χ0n) is 10.5. The lowest BCUT2D eigenvalue weighted by molar-refractivity contribution is -0.122. The minimum Gasteiger partial charge on any atom is -0.363 e. The Balaban J connectivity index is 2.43. The number of hydrogen-bond donors (Lipinski definition) is 3. The number of ether oxygens (including phenoxy) is 1. The number of H-pyrrole nitrogens is 1. The van der Waals surface area contributed by atoms with Crippen molar-refractivity contribution in [3.8, 4) is 0 Å². The number of aliphatic hydroxyl groups excluding tert-OH is 1. The van der Waals surface area contributed by atoms with Gasteiger partial charge in [0.05, 0.1) is 23.7 Å². The molecule has 0 spiro atoms. The number of aromatic nitrogens is 1. The summed E-state index contributed by atoms with van der Waals surface area (Å²) in [4.78, 5) is 14.4. The van der Waals surface area contributed by atoms with E-state index in [4.69, 9.17) is 4.74 Å². The normalized spacial score (nSPS) is 22.0. The molecule has 0 bridgehead atoms. The molecule has 5 nitrogen and oxygen atoms in total. The van der Waals surface area contributed by atoms with Crippen molar-refractivity contribution in [3.63, 3.8) is 0 Å². The van der Waals surface area contributed by atoms with Crippen LogP contribution in [0.2, 0.25) is 0 Å². The molecular formula is C13H12F2N2O3. The standard InChI is InChI=1S/C13H12F2N2O3/c1-16-9-4-20-13(19)11-10(9)5-2-7(14)8(15)3-6(5)12(18)17-11/h2-3,9,13,16,19H,4H2,1H3,(H,17,18)/t9-,13?/m1/s1. The van der Waals surface area contributed by atoms with Gasteiger partial charge in [0.15, 0.2) is 17.9 Å². The van der Waals surface area contributed by atoms with Gasteiger partial charge in [0.25, 0.3) is 5.56 Å². The van der Waals surface area contributed by atoms with Gasteiger partial charge >= 0.3 is 0 Å². The van der Waals surface area contributed by atoms with Crippen LogP contribution in [0.5, 0.6) is 0 Å². The number of benzene rings is 1. The van der Waals surface area contributed by atoms with E-state index >= 15 is 0 Å². The maximum Gasteiger partial charge on any atom is 0.256 e. The van der Waals surface area contributed by atoms with Crippen molar-refractivity contribution >= 4 is 10.8 Å². The smallest absolute Gasteiger partial charge is 0.256 e. The molecule has 1 aliphatic rings. The van der Waals surface area contributed by atoms with Crippen molar-refractivity contribution in [2.45, 2.75) is 12.3 Å². The lowest BCUT2D eigenvalue weighted by Gasteiger charge is -2.29. The average Bonchev–Trinajstić information content (AvgIpc) is 2.42. The highest BCUT2D eigenvalue weighted by atomic mass is 19.2. The van der Waals surface area contributed by atoms with Crippen LogP contribution in [0, 0.1) is 11.6 Å². The first-order valence-corrected chi connectivity index (χ1v) is 6.04. The summed E-state index contributed by atoms with van der Waals surface area (Å²) in [7, 11) is 1.67. The second-order valence-electron chi connectivity index (χ2n) is 4.62. The molecule has 2 atom stereocenters. The highest BCUT2D eigenvalue weighted by molar-refractivity contribution is 5.86. The first-order valence-electron chi connectivity index (χ1n) is 6.04. The SMILES string of the molecule is CN[C@@H]1COC(O)c2[nH]c(=O)c3cc(F)c(F)cc3c21. The van der Waals surface area contributed by atoms with Crippen LogP contribution in [-0.4, -0.2) is 23.7 Å². The molecule has 106 valence electrons. The fraction of sp³-hybridized carbons (Fsp3) is 0.308. The molecule has 0 amide bonds. The van der Waals surface area contributed by atoms with Gasteiger partial charge in [-0.25, -0.2) is 8.78 Å². The van der Waals surface area contributed by atoms with Gasteiger partial charge in [-0.05, 0) is 24.6 Å². The van der Waals surface area contributed by atoms with Gasteiger partial charge in [-0.15, -0.1) is 0 Å². The Bertz CT molecular complexity index is 744. The maximum absolute atomic E-state index is 13.5. The topological polar surface area (TPSA) is 74.3 Å². The van der Waals surface area contributed by atoms with Crippen LogP contribution in [0.4, 0.5) is 8.78 Å². The van der Waals surface area contributed by atoms with Gasteiger partial charge in [-0.2, -0.15) is 0 Å². The summed E-state index contributed by atoms with van der Waals surface area (Å²) in [5.74, 6) is -2.13. The van der Waals surface area contributed by atoms with Crippen LogP contribution in [0.3, 0.4) is 0 Å². The van der Waals surface area contributed by atoms with Crippen molar-refractivity contribution in [3.05, 3.63) is 45.4 Å². The molecule has 20 heavy (non-hydrogen) atoms. The predicted molar refractivity (Wildman–Crippen MR) is 67.2 cm³/mol. The third kappa shape index (κ3) is 1.82. The summed E-state index contributed by atoms with van der Waals surface area (Å²) in [6.45, 7) is 0.158. The van der Waals surface area contributed by atoms with Crippen molar-refractivity contribution in [1.29, 1.82) is 0 Å². The van der Waals surface area contributed by atoms with E-state index in [-0.39, 0.29) is 29.1 Å². The van der Waals surface area contributed by atoms with E-state index < -0.39 is 23.5 Å². The molecule has 1 aromatic heterocycles. The minimum atomic E-state index is -1.29. The van der Waals surface area contributed by atoms with Crippen LogP contribution in [0.25, 0.3) is 10.8 Å². The lowest BCUT2D eigenvalue weighted by atomic mass is 9.96. The molecule has 0 radical (unpaired) electrons. The van der Waals surface area contributed by atoms with Gasteiger partial charge in [0, 0.05) is 5.56 Å². The second-order valence-corrected chi connectivity index (χ2v) is 4.62. The Kier molecular flexibility index (Phi) is 3.04. The monoisotopic (exact) mass is 282 g/mol. The summed E-state index contributed by atoms with van der Waals surface area (Å²) < 4.78 is 31.9.